The Morgan fingerprint density at radius 3 is 2.06 bits per heavy atom. The fraction of sp³-hybridized carbons (Fsp3) is 1.00. The predicted molar refractivity (Wildman–Crippen MR) is 63.1 cm³/mol. The van der Waals surface area contributed by atoms with Gasteiger partial charge in [0.25, 0.3) is 0 Å². The van der Waals surface area contributed by atoms with Gasteiger partial charge in [0.1, 0.15) is 6.61 Å². The van der Waals surface area contributed by atoms with Crippen molar-refractivity contribution >= 4 is 0 Å². The molecule has 0 aliphatic rings. The summed E-state index contributed by atoms with van der Waals surface area (Å²) >= 11 is 0. The third kappa shape index (κ3) is 15.7. The van der Waals surface area contributed by atoms with Crippen LogP contribution in [-0.4, -0.2) is 31.5 Å². The van der Waals surface area contributed by atoms with Gasteiger partial charge < -0.3 is 10.1 Å². The number of nitrogens with one attached hydrogen (secondary N) is 1. The summed E-state index contributed by atoms with van der Waals surface area (Å²) in [5, 5.41) is 3.36. The Morgan fingerprint density at radius 2 is 1.53 bits per heavy atom. The second kappa shape index (κ2) is 7.93. The monoisotopic (exact) mass is 255 g/mol. The summed E-state index contributed by atoms with van der Waals surface area (Å²) in [5.74, 6) is 0. The summed E-state index contributed by atoms with van der Waals surface area (Å²) in [7, 11) is 0. The van der Waals surface area contributed by atoms with Crippen LogP contribution in [0.5, 0.6) is 0 Å². The van der Waals surface area contributed by atoms with Crippen LogP contribution in [0, 0.1) is 0 Å². The van der Waals surface area contributed by atoms with Gasteiger partial charge in [-0.2, -0.15) is 13.2 Å². The van der Waals surface area contributed by atoms with Gasteiger partial charge in [-0.05, 0) is 40.2 Å². The normalized spacial score (nSPS) is 13.1. The maximum atomic E-state index is 11.7. The van der Waals surface area contributed by atoms with E-state index in [1.807, 2.05) is 0 Å². The fourth-order valence-corrected chi connectivity index (χ4v) is 1.33. The van der Waals surface area contributed by atoms with Crippen molar-refractivity contribution in [2.24, 2.45) is 0 Å². The van der Waals surface area contributed by atoms with Gasteiger partial charge >= 0.3 is 6.18 Å². The maximum absolute atomic E-state index is 11.7. The lowest BCUT2D eigenvalue weighted by atomic mass is 10.1. The molecule has 0 heterocycles. The van der Waals surface area contributed by atoms with E-state index in [0.717, 1.165) is 25.8 Å². The highest BCUT2D eigenvalue weighted by molar-refractivity contribution is 4.69. The smallest absolute Gasteiger partial charge is 0.372 e. The first-order valence-electron chi connectivity index (χ1n) is 6.10. The summed E-state index contributed by atoms with van der Waals surface area (Å²) in [4.78, 5) is 0. The molecule has 0 amide bonds. The van der Waals surface area contributed by atoms with Crippen LogP contribution in [0.3, 0.4) is 0 Å². The Morgan fingerprint density at radius 1 is 0.941 bits per heavy atom. The van der Waals surface area contributed by atoms with E-state index in [1.165, 1.54) is 0 Å². The zero-order chi connectivity index (χ0) is 13.4. The highest BCUT2D eigenvalue weighted by Gasteiger charge is 2.27. The molecule has 17 heavy (non-hydrogen) atoms. The lowest BCUT2D eigenvalue weighted by Gasteiger charge is -2.20. The minimum absolute atomic E-state index is 0.135. The quantitative estimate of drug-likeness (QED) is 0.670. The van der Waals surface area contributed by atoms with E-state index in [-0.39, 0.29) is 12.1 Å². The van der Waals surface area contributed by atoms with Crippen molar-refractivity contribution in [3.8, 4) is 0 Å². The predicted octanol–water partition coefficient (Wildman–Crippen LogP) is 3.51. The summed E-state index contributed by atoms with van der Waals surface area (Å²) in [6, 6.07) is 0. The molecule has 0 aliphatic heterocycles. The van der Waals surface area contributed by atoms with Gasteiger partial charge in [0.2, 0.25) is 0 Å². The van der Waals surface area contributed by atoms with Crippen molar-refractivity contribution < 1.29 is 17.9 Å². The fourth-order valence-electron chi connectivity index (χ4n) is 1.33. The third-order valence-corrected chi connectivity index (χ3v) is 2.14. The Bertz CT molecular complexity index is 167. The zero-order valence-corrected chi connectivity index (χ0v) is 11.0. The number of halogens is 3. The first kappa shape index (κ1) is 16.7. The molecule has 0 radical (unpaired) electrons. The molecule has 1 N–H and O–H groups in total. The lowest BCUT2D eigenvalue weighted by molar-refractivity contribution is -0.174. The van der Waals surface area contributed by atoms with Crippen molar-refractivity contribution in [2.45, 2.75) is 58.2 Å². The number of rotatable bonds is 8. The summed E-state index contributed by atoms with van der Waals surface area (Å²) in [6.07, 6.45) is -0.499. The Hall–Kier alpha value is -0.290. The molecule has 0 fully saturated rings. The van der Waals surface area contributed by atoms with Crippen LogP contribution in [-0.2, 0) is 4.74 Å². The molecule has 0 saturated carbocycles. The summed E-state index contributed by atoms with van der Waals surface area (Å²) in [5.41, 5.74) is 0.135. The summed E-state index contributed by atoms with van der Waals surface area (Å²) < 4.78 is 39.6. The minimum Gasteiger partial charge on any atom is -0.372 e. The van der Waals surface area contributed by atoms with E-state index in [2.05, 4.69) is 30.8 Å². The van der Waals surface area contributed by atoms with Crippen molar-refractivity contribution in [3.05, 3.63) is 0 Å². The van der Waals surface area contributed by atoms with Crippen molar-refractivity contribution in [1.82, 2.24) is 5.32 Å². The highest BCUT2D eigenvalue weighted by atomic mass is 19.4. The maximum Gasteiger partial charge on any atom is 0.411 e. The first-order valence-corrected chi connectivity index (χ1v) is 6.10. The molecule has 0 aromatic heterocycles. The van der Waals surface area contributed by atoms with Gasteiger partial charge in [-0.25, -0.2) is 0 Å². The molecule has 2 nitrogen and oxygen atoms in total. The van der Waals surface area contributed by atoms with Gasteiger partial charge in [0.05, 0.1) is 0 Å². The average Bonchev–Trinajstić information content (AvgIpc) is 2.11. The number of hydrogen-bond donors (Lipinski definition) is 1. The van der Waals surface area contributed by atoms with Crippen LogP contribution in [0.2, 0.25) is 0 Å². The van der Waals surface area contributed by atoms with E-state index in [9.17, 15) is 13.2 Å². The zero-order valence-electron chi connectivity index (χ0n) is 11.0. The molecule has 0 aliphatic carbocycles. The van der Waals surface area contributed by atoms with Gasteiger partial charge in [-0.3, -0.25) is 0 Å². The highest BCUT2D eigenvalue weighted by Crippen LogP contribution is 2.14. The van der Waals surface area contributed by atoms with E-state index in [0.29, 0.717) is 6.42 Å². The van der Waals surface area contributed by atoms with E-state index < -0.39 is 12.8 Å². The van der Waals surface area contributed by atoms with Crippen LogP contribution >= 0.6 is 0 Å². The number of unbranched alkanes of at least 4 members (excludes halogenated alkanes) is 3. The molecule has 104 valence electrons. The van der Waals surface area contributed by atoms with Gasteiger partial charge in [0, 0.05) is 12.1 Å². The molecular formula is C12H24F3NO. The van der Waals surface area contributed by atoms with Crippen LogP contribution in [0.4, 0.5) is 13.2 Å². The molecule has 0 aromatic rings. The van der Waals surface area contributed by atoms with Crippen molar-refractivity contribution in [1.29, 1.82) is 0 Å². The van der Waals surface area contributed by atoms with E-state index in [1.54, 1.807) is 0 Å². The SMILES string of the molecule is CC(C)(C)NCCCCCCOCC(F)(F)F. The van der Waals surface area contributed by atoms with Crippen molar-refractivity contribution in [2.75, 3.05) is 19.8 Å². The Balaban J connectivity index is 3.15. The largest absolute Gasteiger partial charge is 0.411 e. The van der Waals surface area contributed by atoms with Gasteiger partial charge in [-0.1, -0.05) is 12.8 Å². The van der Waals surface area contributed by atoms with E-state index in [4.69, 9.17) is 0 Å². The minimum atomic E-state index is -4.20. The lowest BCUT2D eigenvalue weighted by Crippen LogP contribution is -2.36. The standard InChI is InChI=1S/C12H24F3NO/c1-11(2,3)16-8-6-4-5-7-9-17-10-12(13,14)15/h16H,4-10H2,1-3H3. The third-order valence-electron chi connectivity index (χ3n) is 2.14. The molecule has 0 unspecified atom stereocenters. The van der Waals surface area contributed by atoms with E-state index >= 15 is 0 Å². The van der Waals surface area contributed by atoms with Crippen LogP contribution in [0.25, 0.3) is 0 Å². The van der Waals surface area contributed by atoms with Crippen LogP contribution < -0.4 is 5.32 Å². The molecule has 0 atom stereocenters. The van der Waals surface area contributed by atoms with Crippen molar-refractivity contribution in [3.63, 3.8) is 0 Å². The second-order valence-corrected chi connectivity index (χ2v) is 5.26. The molecule has 0 rings (SSSR count). The number of alkyl halides is 3. The second-order valence-electron chi connectivity index (χ2n) is 5.26. The first-order chi connectivity index (χ1) is 7.71. The molecule has 0 bridgehead atoms. The molecular weight excluding hydrogens is 231 g/mol. The Kier molecular flexibility index (Phi) is 7.79. The Labute approximate surface area is 102 Å². The molecule has 5 heteroatoms. The summed E-state index contributed by atoms with van der Waals surface area (Å²) in [6.45, 7) is 6.35. The van der Waals surface area contributed by atoms with Gasteiger partial charge in [-0.15, -0.1) is 0 Å². The molecule has 0 saturated heterocycles. The average molecular weight is 255 g/mol. The molecule has 0 spiro atoms. The van der Waals surface area contributed by atoms with Crippen LogP contribution in [0.1, 0.15) is 46.5 Å². The topological polar surface area (TPSA) is 21.3 Å². The number of hydrogen-bond acceptors (Lipinski definition) is 2. The number of ether oxygens (including phenoxy) is 1. The van der Waals surface area contributed by atoms with Gasteiger partial charge in [0.15, 0.2) is 0 Å². The van der Waals surface area contributed by atoms with Crippen LogP contribution in [0.15, 0.2) is 0 Å². The molecule has 0 aromatic carbocycles.